The average Bonchev–Trinajstić information content (AvgIpc) is 2.97. The van der Waals surface area contributed by atoms with Crippen LogP contribution in [0.3, 0.4) is 0 Å². The predicted molar refractivity (Wildman–Crippen MR) is 75.4 cm³/mol. The molecule has 1 aromatic heterocycles. The van der Waals surface area contributed by atoms with Gasteiger partial charge in [-0.15, -0.1) is 11.3 Å². The van der Waals surface area contributed by atoms with E-state index in [9.17, 15) is 18.0 Å². The Balaban J connectivity index is 2.25. The lowest BCUT2D eigenvalue weighted by atomic mass is 10.2. The molecule has 22 heavy (non-hydrogen) atoms. The van der Waals surface area contributed by atoms with Crippen LogP contribution in [0.25, 0.3) is 0 Å². The van der Waals surface area contributed by atoms with Crippen LogP contribution in [0.15, 0.2) is 35.8 Å². The second-order valence-corrected chi connectivity index (χ2v) is 5.32. The van der Waals surface area contributed by atoms with Crippen molar-refractivity contribution in [3.8, 4) is 0 Å². The molecule has 0 spiro atoms. The number of carbonyl (C=O) groups is 1. The summed E-state index contributed by atoms with van der Waals surface area (Å²) in [7, 11) is 0. The third-order valence-corrected chi connectivity index (χ3v) is 3.72. The Bertz CT molecular complexity index is 629. The van der Waals surface area contributed by atoms with Gasteiger partial charge < -0.3 is 10.0 Å². The molecular formula is C14H13F3N2O2S. The lowest BCUT2D eigenvalue weighted by Gasteiger charge is -2.22. The first-order valence-corrected chi connectivity index (χ1v) is 7.26. The van der Waals surface area contributed by atoms with Crippen LogP contribution < -0.4 is 0 Å². The Hall–Kier alpha value is -1.93. The molecule has 0 fully saturated rings. The largest absolute Gasteiger partial charge is 0.434 e. The van der Waals surface area contributed by atoms with Crippen molar-refractivity contribution in [2.45, 2.75) is 12.7 Å². The van der Waals surface area contributed by atoms with Crippen LogP contribution in [-0.4, -0.2) is 34.0 Å². The summed E-state index contributed by atoms with van der Waals surface area (Å²) in [4.78, 5) is 16.3. The first kappa shape index (κ1) is 16.4. The first-order valence-electron chi connectivity index (χ1n) is 6.38. The van der Waals surface area contributed by atoms with Crippen molar-refractivity contribution in [3.05, 3.63) is 52.0 Å². The molecule has 1 N–H and O–H groups in total. The monoisotopic (exact) mass is 330 g/mol. The summed E-state index contributed by atoms with van der Waals surface area (Å²) < 4.78 is 38.5. The van der Waals surface area contributed by atoms with Gasteiger partial charge in [0.05, 0.1) is 12.1 Å². The topological polar surface area (TPSA) is 53.4 Å². The third-order valence-electron chi connectivity index (χ3n) is 2.90. The van der Waals surface area contributed by atoms with Crippen molar-refractivity contribution in [3.63, 3.8) is 0 Å². The number of aliphatic hydroxyl groups excluding tert-OH is 1. The minimum absolute atomic E-state index is 0.0527. The van der Waals surface area contributed by atoms with E-state index in [0.29, 0.717) is 11.3 Å². The molecule has 1 aromatic carbocycles. The summed E-state index contributed by atoms with van der Waals surface area (Å²) in [6.07, 6.45) is -4.68. The summed E-state index contributed by atoms with van der Waals surface area (Å²) >= 11 is 0.645. The number of carbonyl (C=O) groups excluding carboxylic acids is 1. The molecule has 8 heteroatoms. The van der Waals surface area contributed by atoms with Crippen LogP contribution in [0.5, 0.6) is 0 Å². The highest BCUT2D eigenvalue weighted by Crippen LogP contribution is 2.33. The predicted octanol–water partition coefficient (Wildman–Crippen LogP) is 2.80. The van der Waals surface area contributed by atoms with Crippen LogP contribution in [0.4, 0.5) is 13.2 Å². The molecule has 2 rings (SSSR count). The Kier molecular flexibility index (Phi) is 5.15. The molecule has 2 aromatic rings. The van der Waals surface area contributed by atoms with Gasteiger partial charge in [0, 0.05) is 13.1 Å². The van der Waals surface area contributed by atoms with E-state index in [-0.39, 0.29) is 19.7 Å². The Morgan fingerprint density at radius 3 is 2.55 bits per heavy atom. The number of nitrogens with zero attached hydrogens (tertiary/aromatic N) is 2. The zero-order valence-electron chi connectivity index (χ0n) is 11.4. The van der Waals surface area contributed by atoms with Gasteiger partial charge in [-0.1, -0.05) is 30.3 Å². The molecule has 1 amide bonds. The van der Waals surface area contributed by atoms with E-state index >= 15 is 0 Å². The van der Waals surface area contributed by atoms with E-state index in [1.807, 2.05) is 0 Å². The second-order valence-electron chi connectivity index (χ2n) is 4.46. The number of hydrogen-bond donors (Lipinski definition) is 1. The summed E-state index contributed by atoms with van der Waals surface area (Å²) in [5, 5.41) is 9.06. The molecule has 0 saturated carbocycles. The maximum atomic E-state index is 12.8. The fraction of sp³-hybridized carbons (Fsp3) is 0.286. The van der Waals surface area contributed by atoms with Gasteiger partial charge in [-0.2, -0.15) is 13.2 Å². The quantitative estimate of drug-likeness (QED) is 0.917. The minimum atomic E-state index is -4.68. The first-order chi connectivity index (χ1) is 10.4. The standard InChI is InChI=1S/C14H13F3N2O2S/c15-14(16,17)12-11(22-9-18-12)13(21)19(6-7-20)8-10-4-2-1-3-5-10/h1-5,9,20H,6-8H2. The number of aromatic nitrogens is 1. The molecule has 0 radical (unpaired) electrons. The van der Waals surface area contributed by atoms with Crippen LogP contribution >= 0.6 is 11.3 Å². The molecule has 0 bridgehead atoms. The fourth-order valence-electron chi connectivity index (χ4n) is 1.92. The van der Waals surface area contributed by atoms with Crippen LogP contribution in [0, 0.1) is 0 Å². The molecule has 118 valence electrons. The number of thiazole rings is 1. The number of rotatable bonds is 5. The van der Waals surface area contributed by atoms with Crippen LogP contribution in [0.2, 0.25) is 0 Å². The van der Waals surface area contributed by atoms with Crippen molar-refractivity contribution in [1.82, 2.24) is 9.88 Å². The van der Waals surface area contributed by atoms with E-state index in [1.165, 1.54) is 4.90 Å². The molecule has 1 heterocycles. The maximum Gasteiger partial charge on any atom is 0.434 e. The van der Waals surface area contributed by atoms with Gasteiger partial charge in [0.2, 0.25) is 0 Å². The summed E-state index contributed by atoms with van der Waals surface area (Å²) in [6.45, 7) is -0.267. The molecule has 0 aliphatic heterocycles. The normalized spacial score (nSPS) is 11.5. The molecule has 0 aliphatic carbocycles. The molecule has 4 nitrogen and oxygen atoms in total. The van der Waals surface area contributed by atoms with E-state index in [2.05, 4.69) is 4.98 Å². The minimum Gasteiger partial charge on any atom is -0.395 e. The van der Waals surface area contributed by atoms with E-state index in [1.54, 1.807) is 30.3 Å². The third kappa shape index (κ3) is 3.83. The molecule has 0 saturated heterocycles. The number of benzene rings is 1. The second kappa shape index (κ2) is 6.89. The number of alkyl halides is 3. The van der Waals surface area contributed by atoms with Gasteiger partial charge >= 0.3 is 6.18 Å². The molecule has 0 unspecified atom stereocenters. The van der Waals surface area contributed by atoms with Gasteiger partial charge in [-0.3, -0.25) is 4.79 Å². The molecular weight excluding hydrogens is 317 g/mol. The summed E-state index contributed by atoms with van der Waals surface area (Å²) in [5.41, 5.74) is 0.580. The Morgan fingerprint density at radius 2 is 1.95 bits per heavy atom. The van der Waals surface area contributed by atoms with Crippen molar-refractivity contribution in [1.29, 1.82) is 0 Å². The van der Waals surface area contributed by atoms with Crippen molar-refractivity contribution >= 4 is 17.2 Å². The number of hydrogen-bond acceptors (Lipinski definition) is 4. The molecule has 0 atom stereocenters. The van der Waals surface area contributed by atoms with E-state index < -0.39 is 22.7 Å². The zero-order valence-corrected chi connectivity index (χ0v) is 12.2. The van der Waals surface area contributed by atoms with E-state index in [0.717, 1.165) is 11.1 Å². The van der Waals surface area contributed by atoms with E-state index in [4.69, 9.17) is 5.11 Å². The Labute approximate surface area is 128 Å². The van der Waals surface area contributed by atoms with Gasteiger partial charge in [0.1, 0.15) is 4.88 Å². The smallest absolute Gasteiger partial charge is 0.395 e. The highest BCUT2D eigenvalue weighted by atomic mass is 32.1. The van der Waals surface area contributed by atoms with Crippen molar-refractivity contribution in [2.24, 2.45) is 0 Å². The van der Waals surface area contributed by atoms with Gasteiger partial charge in [-0.25, -0.2) is 4.98 Å². The van der Waals surface area contributed by atoms with Gasteiger partial charge in [-0.05, 0) is 5.56 Å². The zero-order chi connectivity index (χ0) is 16.2. The Morgan fingerprint density at radius 1 is 1.27 bits per heavy atom. The van der Waals surface area contributed by atoms with Crippen LogP contribution in [0.1, 0.15) is 20.9 Å². The summed E-state index contributed by atoms with van der Waals surface area (Å²) in [6, 6.07) is 8.85. The number of aliphatic hydroxyl groups is 1. The van der Waals surface area contributed by atoms with Crippen molar-refractivity contribution in [2.75, 3.05) is 13.2 Å². The molecule has 0 aliphatic rings. The number of halogens is 3. The number of amides is 1. The maximum absolute atomic E-state index is 12.8. The van der Waals surface area contributed by atoms with Gasteiger partial charge in [0.15, 0.2) is 5.69 Å². The SMILES string of the molecule is O=C(c1scnc1C(F)(F)F)N(CCO)Cc1ccccc1. The highest BCUT2D eigenvalue weighted by molar-refractivity contribution is 7.11. The van der Waals surface area contributed by atoms with Crippen molar-refractivity contribution < 1.29 is 23.1 Å². The van der Waals surface area contributed by atoms with Gasteiger partial charge in [0.25, 0.3) is 5.91 Å². The lowest BCUT2D eigenvalue weighted by Crippen LogP contribution is -2.33. The average molecular weight is 330 g/mol. The fourth-order valence-corrected chi connectivity index (χ4v) is 2.69. The summed E-state index contributed by atoms with van der Waals surface area (Å²) in [5.74, 6) is -0.785. The highest BCUT2D eigenvalue weighted by Gasteiger charge is 2.39. The lowest BCUT2D eigenvalue weighted by molar-refractivity contribution is -0.141. The van der Waals surface area contributed by atoms with Crippen LogP contribution in [-0.2, 0) is 12.7 Å².